The minimum Gasteiger partial charge on any atom is -0.260 e. The Morgan fingerprint density at radius 1 is 1.43 bits per heavy atom. The standard InChI is InChI=1S/C13H17N/c1-5-7-11-8-9-13(3,4)10-14-12(11)6-2/h5-10H,1H2,2-4H3/b11-7-,12-6+. The number of rotatable bonds is 1. The highest BCUT2D eigenvalue weighted by Crippen LogP contribution is 2.24. The summed E-state index contributed by atoms with van der Waals surface area (Å²) < 4.78 is 0. The summed E-state index contributed by atoms with van der Waals surface area (Å²) in [7, 11) is 0. The molecule has 1 rings (SSSR count). The van der Waals surface area contributed by atoms with E-state index in [9.17, 15) is 0 Å². The monoisotopic (exact) mass is 187 g/mol. The van der Waals surface area contributed by atoms with Gasteiger partial charge in [0.1, 0.15) is 0 Å². The van der Waals surface area contributed by atoms with Gasteiger partial charge < -0.3 is 0 Å². The third-order valence-corrected chi connectivity index (χ3v) is 2.10. The topological polar surface area (TPSA) is 12.4 Å². The second kappa shape index (κ2) is 4.23. The first-order valence-electron chi connectivity index (χ1n) is 4.83. The zero-order valence-corrected chi connectivity index (χ0v) is 9.12. The van der Waals surface area contributed by atoms with Gasteiger partial charge in [-0.15, -0.1) is 0 Å². The molecular weight excluding hydrogens is 170 g/mol. The molecule has 1 heterocycles. The molecule has 14 heavy (non-hydrogen) atoms. The Balaban J connectivity index is 3.16. The second-order valence-corrected chi connectivity index (χ2v) is 3.94. The van der Waals surface area contributed by atoms with Crippen LogP contribution in [0.2, 0.25) is 0 Å². The number of allylic oxidation sites excluding steroid dienone is 5. The molecule has 0 amide bonds. The lowest BCUT2D eigenvalue weighted by Crippen LogP contribution is -2.07. The number of aliphatic imine (C=N–C) groups is 1. The summed E-state index contributed by atoms with van der Waals surface area (Å²) >= 11 is 0. The maximum atomic E-state index is 4.45. The summed E-state index contributed by atoms with van der Waals surface area (Å²) in [5.74, 6) is 0. The average molecular weight is 187 g/mol. The maximum absolute atomic E-state index is 4.45. The lowest BCUT2D eigenvalue weighted by Gasteiger charge is -2.10. The highest BCUT2D eigenvalue weighted by Gasteiger charge is 2.14. The van der Waals surface area contributed by atoms with Crippen LogP contribution >= 0.6 is 0 Å². The quantitative estimate of drug-likeness (QED) is 0.594. The Labute approximate surface area is 86.2 Å². The van der Waals surface area contributed by atoms with E-state index in [0.29, 0.717) is 0 Å². The second-order valence-electron chi connectivity index (χ2n) is 3.94. The van der Waals surface area contributed by atoms with E-state index in [2.05, 4.69) is 37.6 Å². The van der Waals surface area contributed by atoms with Crippen molar-refractivity contribution >= 4 is 6.21 Å². The van der Waals surface area contributed by atoms with E-state index < -0.39 is 0 Å². The third-order valence-electron chi connectivity index (χ3n) is 2.10. The van der Waals surface area contributed by atoms with Crippen LogP contribution in [0.4, 0.5) is 0 Å². The van der Waals surface area contributed by atoms with Crippen molar-refractivity contribution in [1.82, 2.24) is 0 Å². The van der Waals surface area contributed by atoms with Gasteiger partial charge in [-0.25, -0.2) is 0 Å². The highest BCUT2D eigenvalue weighted by molar-refractivity contribution is 5.72. The molecule has 0 aromatic heterocycles. The summed E-state index contributed by atoms with van der Waals surface area (Å²) in [6.07, 6.45) is 12.0. The molecule has 0 aromatic carbocycles. The predicted octanol–water partition coefficient (Wildman–Crippen LogP) is 3.67. The van der Waals surface area contributed by atoms with Crippen LogP contribution in [0.1, 0.15) is 20.8 Å². The normalized spacial score (nSPS) is 25.4. The van der Waals surface area contributed by atoms with Gasteiger partial charge in [0.05, 0.1) is 5.70 Å². The Morgan fingerprint density at radius 2 is 2.14 bits per heavy atom. The molecule has 1 aliphatic rings. The fraction of sp³-hybridized carbons (Fsp3) is 0.308. The van der Waals surface area contributed by atoms with Gasteiger partial charge in [0.15, 0.2) is 0 Å². The predicted molar refractivity (Wildman–Crippen MR) is 63.5 cm³/mol. The smallest absolute Gasteiger partial charge is 0.0655 e. The highest BCUT2D eigenvalue weighted by atomic mass is 14.7. The first kappa shape index (κ1) is 10.7. The first-order valence-corrected chi connectivity index (χ1v) is 4.83. The van der Waals surface area contributed by atoms with Crippen molar-refractivity contribution in [2.45, 2.75) is 20.8 Å². The number of hydrogen-bond acceptors (Lipinski definition) is 1. The average Bonchev–Trinajstić information content (AvgIpc) is 2.27. The van der Waals surface area contributed by atoms with Crippen molar-refractivity contribution in [1.29, 1.82) is 0 Å². The lowest BCUT2D eigenvalue weighted by molar-refractivity contribution is 0.695. The number of nitrogens with zero attached hydrogens (tertiary/aromatic N) is 1. The summed E-state index contributed by atoms with van der Waals surface area (Å²) in [6.45, 7) is 9.97. The molecule has 1 nitrogen and oxygen atoms in total. The Kier molecular flexibility index (Phi) is 3.23. The van der Waals surface area contributed by atoms with Gasteiger partial charge in [-0.1, -0.05) is 50.8 Å². The first-order chi connectivity index (χ1) is 6.59. The van der Waals surface area contributed by atoms with Crippen LogP contribution in [0.25, 0.3) is 0 Å². The van der Waals surface area contributed by atoms with E-state index in [0.717, 1.165) is 11.3 Å². The molecule has 0 saturated carbocycles. The van der Waals surface area contributed by atoms with Crippen molar-refractivity contribution < 1.29 is 0 Å². The molecule has 0 bridgehead atoms. The summed E-state index contributed by atoms with van der Waals surface area (Å²) in [5, 5.41) is 0. The van der Waals surface area contributed by atoms with Gasteiger partial charge >= 0.3 is 0 Å². The molecule has 0 unspecified atom stereocenters. The third kappa shape index (κ3) is 2.56. The molecule has 1 heteroatoms. The van der Waals surface area contributed by atoms with Crippen molar-refractivity contribution in [3.63, 3.8) is 0 Å². The maximum Gasteiger partial charge on any atom is 0.0655 e. The van der Waals surface area contributed by atoms with Crippen molar-refractivity contribution in [2.75, 3.05) is 0 Å². The number of hydrogen-bond donors (Lipinski definition) is 0. The van der Waals surface area contributed by atoms with Crippen LogP contribution < -0.4 is 0 Å². The summed E-state index contributed by atoms with van der Waals surface area (Å²) in [5.41, 5.74) is 2.15. The zero-order valence-electron chi connectivity index (χ0n) is 9.12. The SMILES string of the molecule is C=C/C=C1/C=CC(C)(C)C=N/C1=C/C. The van der Waals surface area contributed by atoms with Crippen LogP contribution in [0.15, 0.2) is 53.2 Å². The Bertz CT molecular complexity index is 338. The minimum atomic E-state index is 0.0328. The van der Waals surface area contributed by atoms with Crippen LogP contribution in [-0.4, -0.2) is 6.21 Å². The molecule has 0 N–H and O–H groups in total. The molecule has 1 aliphatic heterocycles. The molecule has 0 radical (unpaired) electrons. The molecule has 0 atom stereocenters. The van der Waals surface area contributed by atoms with Crippen LogP contribution in [0.3, 0.4) is 0 Å². The van der Waals surface area contributed by atoms with E-state index in [1.54, 1.807) is 6.08 Å². The molecule has 0 aliphatic carbocycles. The zero-order chi connectivity index (χ0) is 10.6. The van der Waals surface area contributed by atoms with Gasteiger partial charge in [-0.2, -0.15) is 0 Å². The van der Waals surface area contributed by atoms with E-state index in [-0.39, 0.29) is 5.41 Å². The van der Waals surface area contributed by atoms with Crippen LogP contribution in [0, 0.1) is 5.41 Å². The van der Waals surface area contributed by atoms with E-state index in [4.69, 9.17) is 0 Å². The van der Waals surface area contributed by atoms with Crippen LogP contribution in [0.5, 0.6) is 0 Å². The van der Waals surface area contributed by atoms with Gasteiger partial charge in [0, 0.05) is 11.6 Å². The largest absolute Gasteiger partial charge is 0.260 e. The molecule has 0 saturated heterocycles. The minimum absolute atomic E-state index is 0.0328. The van der Waals surface area contributed by atoms with Gasteiger partial charge in [0.2, 0.25) is 0 Å². The summed E-state index contributed by atoms with van der Waals surface area (Å²) in [4.78, 5) is 4.45. The molecular formula is C13H17N. The Morgan fingerprint density at radius 3 is 2.71 bits per heavy atom. The lowest BCUT2D eigenvalue weighted by atomic mass is 9.95. The fourth-order valence-electron chi connectivity index (χ4n) is 1.25. The van der Waals surface area contributed by atoms with Gasteiger partial charge in [-0.3, -0.25) is 4.99 Å². The molecule has 74 valence electrons. The van der Waals surface area contributed by atoms with Crippen molar-refractivity contribution in [3.8, 4) is 0 Å². The Hall–Kier alpha value is -1.37. The van der Waals surface area contributed by atoms with E-state index in [1.165, 1.54) is 0 Å². The van der Waals surface area contributed by atoms with Crippen molar-refractivity contribution in [2.24, 2.45) is 10.4 Å². The molecule has 0 fully saturated rings. The van der Waals surface area contributed by atoms with Gasteiger partial charge in [-0.05, 0) is 12.5 Å². The van der Waals surface area contributed by atoms with E-state index >= 15 is 0 Å². The van der Waals surface area contributed by atoms with E-state index in [1.807, 2.05) is 25.3 Å². The molecule has 0 aromatic rings. The fourth-order valence-corrected chi connectivity index (χ4v) is 1.25. The van der Waals surface area contributed by atoms with Gasteiger partial charge in [0.25, 0.3) is 0 Å². The van der Waals surface area contributed by atoms with Crippen molar-refractivity contribution in [3.05, 3.63) is 48.2 Å². The molecule has 0 spiro atoms. The van der Waals surface area contributed by atoms with Crippen LogP contribution in [-0.2, 0) is 0 Å². The summed E-state index contributed by atoms with van der Waals surface area (Å²) in [6, 6.07) is 0.